The lowest BCUT2D eigenvalue weighted by Crippen LogP contribution is -2.28. The monoisotopic (exact) mass is 322 g/mol. The molecule has 1 aromatic rings. The van der Waals surface area contributed by atoms with Crippen LogP contribution >= 0.6 is 11.6 Å². The number of hydrogen-bond donors (Lipinski definition) is 2. The van der Waals surface area contributed by atoms with Gasteiger partial charge in [0.15, 0.2) is 0 Å². The van der Waals surface area contributed by atoms with Crippen molar-refractivity contribution in [2.75, 3.05) is 20.1 Å². The van der Waals surface area contributed by atoms with Gasteiger partial charge in [0.05, 0.1) is 0 Å². The van der Waals surface area contributed by atoms with E-state index in [1.165, 1.54) is 70.0 Å². The van der Waals surface area contributed by atoms with E-state index in [-0.39, 0.29) is 0 Å². The lowest BCUT2D eigenvalue weighted by atomic mass is 9.91. The number of halogens is 1. The Morgan fingerprint density at radius 2 is 1.64 bits per heavy atom. The van der Waals surface area contributed by atoms with Gasteiger partial charge >= 0.3 is 0 Å². The van der Waals surface area contributed by atoms with Crippen molar-refractivity contribution in [2.45, 2.75) is 57.4 Å². The quantitative estimate of drug-likeness (QED) is 0.860. The number of rotatable bonds is 3. The molecular formula is C19H31ClN2. The van der Waals surface area contributed by atoms with Gasteiger partial charge in [0.1, 0.15) is 0 Å². The van der Waals surface area contributed by atoms with Crippen LogP contribution in [0.5, 0.6) is 0 Å². The summed E-state index contributed by atoms with van der Waals surface area (Å²) >= 11 is 5.84. The Bertz CT molecular complexity index is 392. The lowest BCUT2D eigenvalue weighted by molar-refractivity contribution is 0.372. The summed E-state index contributed by atoms with van der Waals surface area (Å²) in [7, 11) is 2.07. The summed E-state index contributed by atoms with van der Waals surface area (Å²) in [6.07, 6.45) is 11.0. The third-order valence-corrected chi connectivity index (χ3v) is 5.16. The van der Waals surface area contributed by atoms with E-state index in [0.717, 1.165) is 17.0 Å². The molecule has 124 valence electrons. The fourth-order valence-corrected chi connectivity index (χ4v) is 3.56. The highest BCUT2D eigenvalue weighted by atomic mass is 35.5. The van der Waals surface area contributed by atoms with Crippen molar-refractivity contribution >= 4 is 11.6 Å². The van der Waals surface area contributed by atoms with Crippen LogP contribution < -0.4 is 10.6 Å². The minimum absolute atomic E-state index is 0.832. The molecule has 0 atom stereocenters. The van der Waals surface area contributed by atoms with Crippen molar-refractivity contribution in [1.82, 2.24) is 10.6 Å². The molecule has 3 heteroatoms. The second kappa shape index (κ2) is 10.3. The van der Waals surface area contributed by atoms with Crippen molar-refractivity contribution < 1.29 is 0 Å². The molecule has 2 aliphatic rings. The van der Waals surface area contributed by atoms with Crippen LogP contribution in [0.2, 0.25) is 5.02 Å². The minimum atomic E-state index is 0.832. The van der Waals surface area contributed by atoms with Gasteiger partial charge < -0.3 is 10.6 Å². The van der Waals surface area contributed by atoms with Crippen LogP contribution in [0, 0.1) is 5.92 Å². The molecule has 0 aromatic heterocycles. The second-order valence-electron chi connectivity index (χ2n) is 6.65. The van der Waals surface area contributed by atoms with Crippen LogP contribution in [-0.4, -0.2) is 26.2 Å². The van der Waals surface area contributed by atoms with Gasteiger partial charge in [-0.3, -0.25) is 0 Å². The Kier molecular flexibility index (Phi) is 8.28. The molecular weight excluding hydrogens is 292 g/mol. The van der Waals surface area contributed by atoms with E-state index in [2.05, 4.69) is 29.8 Å². The van der Waals surface area contributed by atoms with Gasteiger partial charge in [0.25, 0.3) is 0 Å². The van der Waals surface area contributed by atoms with Crippen LogP contribution in [0.3, 0.4) is 0 Å². The van der Waals surface area contributed by atoms with Gasteiger partial charge in [0.2, 0.25) is 0 Å². The molecule has 1 heterocycles. The van der Waals surface area contributed by atoms with E-state index in [4.69, 9.17) is 11.6 Å². The zero-order valence-electron chi connectivity index (χ0n) is 13.9. The molecule has 2 N–H and O–H groups in total. The van der Waals surface area contributed by atoms with E-state index in [9.17, 15) is 0 Å². The normalized spacial score (nSPS) is 20.3. The first-order valence-corrected chi connectivity index (χ1v) is 9.28. The lowest BCUT2D eigenvalue weighted by Gasteiger charge is -2.22. The van der Waals surface area contributed by atoms with Crippen LogP contribution in [0.1, 0.15) is 50.5 Å². The van der Waals surface area contributed by atoms with Gasteiger partial charge in [-0.2, -0.15) is 0 Å². The molecule has 22 heavy (non-hydrogen) atoms. The van der Waals surface area contributed by atoms with Crippen LogP contribution in [0.15, 0.2) is 24.3 Å². The van der Waals surface area contributed by atoms with E-state index >= 15 is 0 Å². The fraction of sp³-hybridized carbons (Fsp3) is 0.684. The highest BCUT2D eigenvalue weighted by Gasteiger charge is 2.13. The van der Waals surface area contributed by atoms with E-state index in [1.807, 2.05) is 12.1 Å². The maximum Gasteiger partial charge on any atom is 0.0406 e. The Balaban J connectivity index is 0.000000188. The van der Waals surface area contributed by atoms with Gasteiger partial charge in [0, 0.05) is 11.1 Å². The molecule has 3 rings (SSSR count). The van der Waals surface area contributed by atoms with E-state index in [0.29, 0.717) is 0 Å². The Hall–Kier alpha value is -0.570. The predicted octanol–water partition coefficient (Wildman–Crippen LogP) is 4.42. The summed E-state index contributed by atoms with van der Waals surface area (Å²) in [6.45, 7) is 2.36. The van der Waals surface area contributed by atoms with Gasteiger partial charge in [-0.25, -0.2) is 0 Å². The maximum absolute atomic E-state index is 5.84. The summed E-state index contributed by atoms with van der Waals surface area (Å²) < 4.78 is 0. The van der Waals surface area contributed by atoms with Gasteiger partial charge in [-0.05, 0) is 75.9 Å². The highest BCUT2D eigenvalue weighted by molar-refractivity contribution is 6.30. The van der Waals surface area contributed by atoms with Crippen LogP contribution in [-0.2, 0) is 6.42 Å². The third-order valence-electron chi connectivity index (χ3n) is 4.91. The van der Waals surface area contributed by atoms with Crippen molar-refractivity contribution in [1.29, 1.82) is 0 Å². The van der Waals surface area contributed by atoms with E-state index < -0.39 is 0 Å². The number of nitrogens with one attached hydrogen (secondary N) is 2. The molecule has 0 radical (unpaired) electrons. The molecule has 2 nitrogen and oxygen atoms in total. The topological polar surface area (TPSA) is 24.1 Å². The first kappa shape index (κ1) is 17.8. The van der Waals surface area contributed by atoms with E-state index in [1.54, 1.807) is 0 Å². The molecule has 2 fully saturated rings. The zero-order valence-corrected chi connectivity index (χ0v) is 14.7. The van der Waals surface area contributed by atoms with Crippen molar-refractivity contribution in [3.05, 3.63) is 34.9 Å². The highest BCUT2D eigenvalue weighted by Crippen LogP contribution is 2.19. The Morgan fingerprint density at radius 1 is 1.00 bits per heavy atom. The molecule has 1 aromatic carbocycles. The summed E-state index contributed by atoms with van der Waals surface area (Å²) in [5.41, 5.74) is 1.42. The number of benzene rings is 1. The van der Waals surface area contributed by atoms with Gasteiger partial charge in [-0.15, -0.1) is 0 Å². The molecule has 1 saturated heterocycles. The molecule has 0 spiro atoms. The second-order valence-corrected chi connectivity index (χ2v) is 7.08. The zero-order chi connectivity index (χ0) is 15.6. The number of hydrogen-bond acceptors (Lipinski definition) is 2. The van der Waals surface area contributed by atoms with Crippen molar-refractivity contribution in [3.63, 3.8) is 0 Å². The van der Waals surface area contributed by atoms with Crippen molar-refractivity contribution in [2.24, 2.45) is 5.92 Å². The first-order chi connectivity index (χ1) is 10.8. The average molecular weight is 323 g/mol. The summed E-state index contributed by atoms with van der Waals surface area (Å²) in [4.78, 5) is 0. The molecule has 1 saturated carbocycles. The number of piperidine rings is 1. The Morgan fingerprint density at radius 3 is 2.18 bits per heavy atom. The summed E-state index contributed by atoms with van der Waals surface area (Å²) in [5, 5.41) is 7.52. The smallest absolute Gasteiger partial charge is 0.0406 e. The largest absolute Gasteiger partial charge is 0.317 e. The SMILES string of the molecule is CNC1CCCCC1.Clc1ccc(CC2CCNCC2)cc1. The molecule has 1 aliphatic heterocycles. The maximum atomic E-state index is 5.84. The first-order valence-electron chi connectivity index (χ1n) is 8.90. The molecule has 0 unspecified atom stereocenters. The molecule has 1 aliphatic carbocycles. The summed E-state index contributed by atoms with van der Waals surface area (Å²) in [5.74, 6) is 0.859. The summed E-state index contributed by atoms with van der Waals surface area (Å²) in [6, 6.07) is 9.09. The predicted molar refractivity (Wildman–Crippen MR) is 96.7 cm³/mol. The molecule has 0 amide bonds. The van der Waals surface area contributed by atoms with Crippen molar-refractivity contribution in [3.8, 4) is 0 Å². The fourth-order valence-electron chi connectivity index (χ4n) is 3.43. The van der Waals surface area contributed by atoms with Gasteiger partial charge in [-0.1, -0.05) is 43.0 Å². The van der Waals surface area contributed by atoms with Crippen LogP contribution in [0.25, 0.3) is 0 Å². The third kappa shape index (κ3) is 6.68. The Labute approximate surface area is 141 Å². The average Bonchev–Trinajstić information content (AvgIpc) is 2.59. The minimum Gasteiger partial charge on any atom is -0.317 e. The standard InChI is InChI=1S/C12H16ClN.C7H15N/c13-12-3-1-10(2-4-12)9-11-5-7-14-8-6-11;1-8-7-5-3-2-4-6-7/h1-4,11,14H,5-9H2;7-8H,2-6H2,1H3. The van der Waals surface area contributed by atoms with Crippen LogP contribution in [0.4, 0.5) is 0 Å². The molecule has 0 bridgehead atoms.